The lowest BCUT2D eigenvalue weighted by atomic mass is 9.87. The van der Waals surface area contributed by atoms with E-state index in [1.165, 1.54) is 32.1 Å². The topological polar surface area (TPSA) is 40.7 Å². The number of rotatable bonds is 6. The first-order valence-electron chi connectivity index (χ1n) is 10.3. The Hall–Kier alpha value is -1.98. The lowest BCUT2D eigenvalue weighted by molar-refractivity contribution is 0.333. The van der Waals surface area contributed by atoms with Crippen LogP contribution in [-0.4, -0.2) is 16.5 Å². The molecule has 0 amide bonds. The SMILES string of the molecule is Cc1c(-c2ccc(CNCCC3CCCCC3)c(F)c2F)ccc2[nH]cnc12.Cl. The minimum atomic E-state index is -0.787. The predicted octanol–water partition coefficient (Wildman–Crippen LogP) is 6.30. The van der Waals surface area contributed by atoms with E-state index in [1.807, 2.05) is 19.1 Å². The molecule has 0 atom stereocenters. The molecule has 1 fully saturated rings. The number of nitrogens with one attached hydrogen (secondary N) is 2. The molecule has 1 aliphatic rings. The monoisotopic (exact) mass is 419 g/mol. The van der Waals surface area contributed by atoms with Gasteiger partial charge in [-0.1, -0.05) is 50.3 Å². The first-order chi connectivity index (χ1) is 13.6. The number of halogens is 3. The average molecular weight is 420 g/mol. The van der Waals surface area contributed by atoms with Gasteiger partial charge in [0.05, 0.1) is 17.4 Å². The van der Waals surface area contributed by atoms with Crippen molar-refractivity contribution in [3.05, 3.63) is 53.4 Å². The maximum atomic E-state index is 14.8. The number of aromatic amines is 1. The van der Waals surface area contributed by atoms with Crippen LogP contribution in [0.3, 0.4) is 0 Å². The average Bonchev–Trinajstić information content (AvgIpc) is 3.20. The zero-order valence-electron chi connectivity index (χ0n) is 16.7. The standard InChI is InChI=1S/C23H27F2N3.ClH/c1-15-18(9-10-20-23(15)28-14-27-20)19-8-7-17(21(24)22(19)25)13-26-12-11-16-5-3-2-4-6-16;/h7-10,14,16,26H,2-6,11-13H2,1H3,(H,27,28);1H. The second kappa shape index (κ2) is 9.68. The molecule has 0 saturated heterocycles. The van der Waals surface area contributed by atoms with Crippen LogP contribution in [0, 0.1) is 24.5 Å². The molecule has 3 aromatic rings. The van der Waals surface area contributed by atoms with E-state index in [0.717, 1.165) is 35.5 Å². The first-order valence-corrected chi connectivity index (χ1v) is 10.3. The van der Waals surface area contributed by atoms with Gasteiger partial charge in [-0.3, -0.25) is 0 Å². The van der Waals surface area contributed by atoms with Gasteiger partial charge in [-0.25, -0.2) is 13.8 Å². The van der Waals surface area contributed by atoms with Gasteiger partial charge in [0.2, 0.25) is 0 Å². The number of benzene rings is 2. The molecule has 1 saturated carbocycles. The van der Waals surface area contributed by atoms with Crippen LogP contribution < -0.4 is 5.32 Å². The van der Waals surface area contributed by atoms with E-state index < -0.39 is 11.6 Å². The minimum Gasteiger partial charge on any atom is -0.345 e. The summed E-state index contributed by atoms with van der Waals surface area (Å²) >= 11 is 0. The van der Waals surface area contributed by atoms with Gasteiger partial charge >= 0.3 is 0 Å². The van der Waals surface area contributed by atoms with E-state index in [0.29, 0.717) is 17.7 Å². The fourth-order valence-electron chi connectivity index (χ4n) is 4.38. The van der Waals surface area contributed by atoms with Crippen molar-refractivity contribution in [2.24, 2.45) is 5.92 Å². The summed E-state index contributed by atoms with van der Waals surface area (Å²) in [7, 11) is 0. The summed E-state index contributed by atoms with van der Waals surface area (Å²) in [5.74, 6) is -0.765. The van der Waals surface area contributed by atoms with E-state index in [9.17, 15) is 8.78 Å². The Labute approximate surface area is 176 Å². The van der Waals surface area contributed by atoms with Crippen LogP contribution in [0.2, 0.25) is 0 Å². The van der Waals surface area contributed by atoms with E-state index in [-0.39, 0.29) is 18.0 Å². The predicted molar refractivity (Wildman–Crippen MR) is 116 cm³/mol. The molecule has 0 radical (unpaired) electrons. The van der Waals surface area contributed by atoms with E-state index >= 15 is 0 Å². The maximum absolute atomic E-state index is 14.8. The fourth-order valence-corrected chi connectivity index (χ4v) is 4.38. The fraction of sp³-hybridized carbons (Fsp3) is 0.435. The Morgan fingerprint density at radius 2 is 1.79 bits per heavy atom. The Morgan fingerprint density at radius 3 is 2.59 bits per heavy atom. The Kier molecular flexibility index (Phi) is 7.25. The molecule has 2 aromatic carbocycles. The summed E-state index contributed by atoms with van der Waals surface area (Å²) < 4.78 is 29.5. The van der Waals surface area contributed by atoms with Crippen LogP contribution in [0.25, 0.3) is 22.2 Å². The third-order valence-electron chi connectivity index (χ3n) is 6.07. The summed E-state index contributed by atoms with van der Waals surface area (Å²) in [5.41, 5.74) is 3.85. The van der Waals surface area contributed by atoms with Crippen LogP contribution in [0.5, 0.6) is 0 Å². The number of nitrogens with zero attached hydrogens (tertiary/aromatic N) is 1. The number of aromatic nitrogens is 2. The first kappa shape index (κ1) is 21.7. The van der Waals surface area contributed by atoms with Gasteiger partial charge in [0.15, 0.2) is 11.6 Å². The van der Waals surface area contributed by atoms with Gasteiger partial charge in [-0.2, -0.15) is 0 Å². The maximum Gasteiger partial charge on any atom is 0.166 e. The Balaban J connectivity index is 0.00000240. The molecule has 6 heteroatoms. The summed E-state index contributed by atoms with van der Waals surface area (Å²) in [6.45, 7) is 3.09. The normalized spacial score (nSPS) is 14.9. The summed E-state index contributed by atoms with van der Waals surface area (Å²) in [4.78, 5) is 7.32. The van der Waals surface area contributed by atoms with Crippen molar-refractivity contribution in [1.29, 1.82) is 0 Å². The highest BCUT2D eigenvalue weighted by Crippen LogP contribution is 2.32. The Bertz CT molecular complexity index is 964. The van der Waals surface area contributed by atoms with E-state index in [4.69, 9.17) is 0 Å². The molecule has 0 unspecified atom stereocenters. The van der Waals surface area contributed by atoms with Crippen LogP contribution in [0.15, 0.2) is 30.6 Å². The summed E-state index contributed by atoms with van der Waals surface area (Å²) in [6, 6.07) is 7.03. The molecule has 4 rings (SSSR count). The van der Waals surface area contributed by atoms with Gasteiger partial charge in [0, 0.05) is 17.7 Å². The van der Waals surface area contributed by atoms with Crippen molar-refractivity contribution < 1.29 is 8.78 Å². The zero-order chi connectivity index (χ0) is 19.5. The van der Waals surface area contributed by atoms with Crippen molar-refractivity contribution >= 4 is 23.4 Å². The molecular formula is C23H28ClF2N3. The number of hydrogen-bond donors (Lipinski definition) is 2. The lowest BCUT2D eigenvalue weighted by Crippen LogP contribution is -2.20. The highest BCUT2D eigenvalue weighted by Gasteiger charge is 2.18. The number of imidazole rings is 1. The second-order valence-corrected chi connectivity index (χ2v) is 7.91. The largest absolute Gasteiger partial charge is 0.345 e. The van der Waals surface area contributed by atoms with Gasteiger partial charge in [0.25, 0.3) is 0 Å². The Morgan fingerprint density at radius 1 is 1.03 bits per heavy atom. The highest BCUT2D eigenvalue weighted by molar-refractivity contribution is 5.86. The summed E-state index contributed by atoms with van der Waals surface area (Å²) in [6.07, 6.45) is 9.35. The van der Waals surface area contributed by atoms with Crippen molar-refractivity contribution in [2.75, 3.05) is 6.54 Å². The highest BCUT2D eigenvalue weighted by atomic mass is 35.5. The molecule has 1 aromatic heterocycles. The molecule has 0 bridgehead atoms. The summed E-state index contributed by atoms with van der Waals surface area (Å²) in [5, 5.41) is 3.29. The third kappa shape index (κ3) is 4.62. The third-order valence-corrected chi connectivity index (χ3v) is 6.07. The minimum absolute atomic E-state index is 0. The molecule has 156 valence electrons. The van der Waals surface area contributed by atoms with Gasteiger partial charge in [-0.05, 0) is 43.0 Å². The van der Waals surface area contributed by atoms with Crippen molar-refractivity contribution in [3.63, 3.8) is 0 Å². The van der Waals surface area contributed by atoms with Gasteiger partial charge in [0.1, 0.15) is 0 Å². The van der Waals surface area contributed by atoms with Gasteiger partial charge in [-0.15, -0.1) is 12.4 Å². The van der Waals surface area contributed by atoms with E-state index in [2.05, 4.69) is 15.3 Å². The number of H-pyrrole nitrogens is 1. The molecule has 1 aliphatic carbocycles. The molecular weight excluding hydrogens is 392 g/mol. The van der Waals surface area contributed by atoms with Crippen molar-refractivity contribution in [1.82, 2.24) is 15.3 Å². The van der Waals surface area contributed by atoms with Crippen LogP contribution in [-0.2, 0) is 6.54 Å². The van der Waals surface area contributed by atoms with Crippen LogP contribution >= 0.6 is 12.4 Å². The van der Waals surface area contributed by atoms with Crippen LogP contribution in [0.4, 0.5) is 8.78 Å². The smallest absolute Gasteiger partial charge is 0.166 e. The number of aryl methyl sites for hydroxylation is 1. The van der Waals surface area contributed by atoms with E-state index in [1.54, 1.807) is 18.5 Å². The molecule has 1 heterocycles. The lowest BCUT2D eigenvalue weighted by Gasteiger charge is -2.21. The van der Waals surface area contributed by atoms with Crippen LogP contribution in [0.1, 0.15) is 49.7 Å². The molecule has 0 aliphatic heterocycles. The molecule has 3 nitrogen and oxygen atoms in total. The van der Waals surface area contributed by atoms with Crippen molar-refractivity contribution in [3.8, 4) is 11.1 Å². The molecule has 2 N–H and O–H groups in total. The molecule has 29 heavy (non-hydrogen) atoms. The van der Waals surface area contributed by atoms with Crippen molar-refractivity contribution in [2.45, 2.75) is 52.0 Å². The number of hydrogen-bond acceptors (Lipinski definition) is 2. The quantitative estimate of drug-likeness (QED) is 0.460. The zero-order valence-corrected chi connectivity index (χ0v) is 17.5. The molecule has 0 spiro atoms. The second-order valence-electron chi connectivity index (χ2n) is 7.91. The van der Waals surface area contributed by atoms with Gasteiger partial charge < -0.3 is 10.3 Å². The number of fused-ring (bicyclic) bond motifs is 1.